The van der Waals surface area contributed by atoms with Gasteiger partial charge in [-0.1, -0.05) is 30.3 Å². The molecule has 0 saturated carbocycles. The molecular formula is C15H21NO5. The summed E-state index contributed by atoms with van der Waals surface area (Å²) in [5, 5.41) is 11.2. The van der Waals surface area contributed by atoms with Gasteiger partial charge in [-0.15, -0.1) is 0 Å². The maximum absolute atomic E-state index is 10.8. The Kier molecular flexibility index (Phi) is 8.08. The average molecular weight is 295 g/mol. The number of hydrogen-bond donors (Lipinski definition) is 2. The van der Waals surface area contributed by atoms with E-state index in [-0.39, 0.29) is 6.61 Å². The molecule has 0 fully saturated rings. The van der Waals surface area contributed by atoms with Crippen molar-refractivity contribution in [3.63, 3.8) is 0 Å². The number of carboxylic acids is 1. The lowest BCUT2D eigenvalue weighted by Gasteiger charge is -2.13. The maximum atomic E-state index is 10.8. The molecule has 0 aromatic heterocycles. The third kappa shape index (κ3) is 8.06. The Hall–Kier alpha value is -1.92. The van der Waals surface area contributed by atoms with E-state index in [2.05, 4.69) is 5.32 Å². The lowest BCUT2D eigenvalue weighted by atomic mass is 10.2. The Morgan fingerprint density at radius 3 is 2.48 bits per heavy atom. The van der Waals surface area contributed by atoms with Crippen molar-refractivity contribution in [3.8, 4) is 0 Å². The number of amides is 1. The van der Waals surface area contributed by atoms with Crippen molar-refractivity contribution in [2.75, 3.05) is 19.8 Å². The molecule has 21 heavy (non-hydrogen) atoms. The first-order chi connectivity index (χ1) is 10.1. The predicted molar refractivity (Wildman–Crippen MR) is 76.8 cm³/mol. The highest BCUT2D eigenvalue weighted by Crippen LogP contribution is 2.00. The Morgan fingerprint density at radius 2 is 1.86 bits per heavy atom. The number of nitrogens with one attached hydrogen (secondary N) is 1. The molecule has 116 valence electrons. The number of benzene rings is 1. The summed E-state index contributed by atoms with van der Waals surface area (Å²) in [7, 11) is 0. The number of carbonyl (C=O) groups excluding carboxylic acids is 1. The lowest BCUT2D eigenvalue weighted by molar-refractivity contribution is -0.143. The van der Waals surface area contributed by atoms with Crippen molar-refractivity contribution >= 4 is 11.9 Å². The molecule has 0 spiro atoms. The van der Waals surface area contributed by atoms with Crippen LogP contribution in [0.25, 0.3) is 0 Å². The third-order valence-corrected chi connectivity index (χ3v) is 2.65. The Bertz CT molecular complexity index is 435. The highest BCUT2D eigenvalue weighted by molar-refractivity contribution is 5.82. The second-order valence-electron chi connectivity index (χ2n) is 4.56. The molecule has 6 nitrogen and oxygen atoms in total. The van der Waals surface area contributed by atoms with Crippen LogP contribution < -0.4 is 5.32 Å². The summed E-state index contributed by atoms with van der Waals surface area (Å²) < 4.78 is 10.7. The van der Waals surface area contributed by atoms with Crippen LogP contribution in [0.15, 0.2) is 30.3 Å². The maximum Gasteiger partial charge on any atom is 0.328 e. The molecule has 6 heteroatoms. The normalized spacial score (nSPS) is 11.9. The van der Waals surface area contributed by atoms with E-state index < -0.39 is 17.9 Å². The van der Waals surface area contributed by atoms with Gasteiger partial charge in [-0.3, -0.25) is 4.79 Å². The van der Waals surface area contributed by atoms with Crippen LogP contribution in [0, 0.1) is 0 Å². The molecule has 1 rings (SSSR count). The molecule has 0 aliphatic carbocycles. The van der Waals surface area contributed by atoms with Gasteiger partial charge in [0.15, 0.2) is 6.04 Å². The van der Waals surface area contributed by atoms with Gasteiger partial charge in [-0.2, -0.15) is 0 Å². The standard InChI is InChI=1S/C15H21NO5/c1-12(17)16-14(15(18)19)11-21-9-5-8-20-10-13-6-3-2-4-7-13/h2-4,6-7,14H,5,8-11H2,1H3,(H,16,17)(H,18,19). The largest absolute Gasteiger partial charge is 0.480 e. The minimum Gasteiger partial charge on any atom is -0.480 e. The monoisotopic (exact) mass is 295 g/mol. The zero-order valence-electron chi connectivity index (χ0n) is 12.1. The number of aliphatic carboxylic acids is 1. The molecular weight excluding hydrogens is 274 g/mol. The van der Waals surface area contributed by atoms with Gasteiger partial charge in [-0.25, -0.2) is 4.79 Å². The van der Waals surface area contributed by atoms with Gasteiger partial charge in [0.25, 0.3) is 0 Å². The number of carbonyl (C=O) groups is 2. The van der Waals surface area contributed by atoms with E-state index in [1.165, 1.54) is 6.92 Å². The second-order valence-corrected chi connectivity index (χ2v) is 4.56. The Balaban J connectivity index is 2.05. The van der Waals surface area contributed by atoms with Gasteiger partial charge in [0.1, 0.15) is 0 Å². The van der Waals surface area contributed by atoms with Crippen LogP contribution in [0.2, 0.25) is 0 Å². The van der Waals surface area contributed by atoms with Crippen molar-refractivity contribution in [1.82, 2.24) is 5.32 Å². The second kappa shape index (κ2) is 9.90. The van der Waals surface area contributed by atoms with Gasteiger partial charge in [0.2, 0.25) is 5.91 Å². The zero-order chi connectivity index (χ0) is 15.5. The van der Waals surface area contributed by atoms with Gasteiger partial charge < -0.3 is 19.9 Å². The van der Waals surface area contributed by atoms with Crippen LogP contribution in [-0.2, 0) is 25.7 Å². The molecule has 1 unspecified atom stereocenters. The fourth-order valence-electron chi connectivity index (χ4n) is 1.65. The molecule has 1 amide bonds. The molecule has 0 heterocycles. The van der Waals surface area contributed by atoms with E-state index in [9.17, 15) is 9.59 Å². The lowest BCUT2D eigenvalue weighted by Crippen LogP contribution is -2.43. The highest BCUT2D eigenvalue weighted by Gasteiger charge is 2.17. The highest BCUT2D eigenvalue weighted by atomic mass is 16.5. The number of carboxylic acid groups (broad SMARTS) is 1. The van der Waals surface area contributed by atoms with Crippen molar-refractivity contribution in [1.29, 1.82) is 0 Å². The van der Waals surface area contributed by atoms with Crippen LogP contribution in [0.4, 0.5) is 0 Å². The third-order valence-electron chi connectivity index (χ3n) is 2.65. The predicted octanol–water partition coefficient (Wildman–Crippen LogP) is 1.20. The number of ether oxygens (including phenoxy) is 2. The first kappa shape index (κ1) is 17.1. The first-order valence-corrected chi connectivity index (χ1v) is 6.79. The summed E-state index contributed by atoms with van der Waals surface area (Å²) in [6.07, 6.45) is 0.666. The smallest absolute Gasteiger partial charge is 0.328 e. The van der Waals surface area contributed by atoms with E-state index in [4.69, 9.17) is 14.6 Å². The summed E-state index contributed by atoms with van der Waals surface area (Å²) >= 11 is 0. The summed E-state index contributed by atoms with van der Waals surface area (Å²) in [4.78, 5) is 21.7. The summed E-state index contributed by atoms with van der Waals surface area (Å²) in [5.41, 5.74) is 1.11. The average Bonchev–Trinajstić information content (AvgIpc) is 2.45. The van der Waals surface area contributed by atoms with E-state index >= 15 is 0 Å². The molecule has 2 N–H and O–H groups in total. The molecule has 0 radical (unpaired) electrons. The molecule has 1 aromatic carbocycles. The minimum absolute atomic E-state index is 0.0480. The van der Waals surface area contributed by atoms with Crippen LogP contribution >= 0.6 is 0 Å². The van der Waals surface area contributed by atoms with Crippen LogP contribution in [0.1, 0.15) is 18.9 Å². The zero-order valence-corrected chi connectivity index (χ0v) is 12.1. The summed E-state index contributed by atoms with van der Waals surface area (Å²) in [6.45, 7) is 2.69. The quantitative estimate of drug-likeness (QED) is 0.634. The van der Waals surface area contributed by atoms with E-state index in [0.717, 1.165) is 5.56 Å². The van der Waals surface area contributed by atoms with E-state index in [0.29, 0.717) is 26.2 Å². The van der Waals surface area contributed by atoms with E-state index in [1.807, 2.05) is 30.3 Å². The molecule has 1 atom stereocenters. The molecule has 1 aromatic rings. The van der Waals surface area contributed by atoms with Gasteiger partial charge in [0.05, 0.1) is 13.2 Å². The Morgan fingerprint density at radius 1 is 1.19 bits per heavy atom. The van der Waals surface area contributed by atoms with E-state index in [1.54, 1.807) is 0 Å². The minimum atomic E-state index is -1.11. The van der Waals surface area contributed by atoms with Gasteiger partial charge >= 0.3 is 5.97 Å². The van der Waals surface area contributed by atoms with Crippen molar-refractivity contribution < 1.29 is 24.2 Å². The summed E-state index contributed by atoms with van der Waals surface area (Å²) in [6, 6.07) is 8.83. The number of hydrogen-bond acceptors (Lipinski definition) is 4. The van der Waals surface area contributed by atoms with Crippen LogP contribution in [0.5, 0.6) is 0 Å². The SMILES string of the molecule is CC(=O)NC(COCCCOCc1ccccc1)C(=O)O. The fourth-order valence-corrected chi connectivity index (χ4v) is 1.65. The molecule has 0 aliphatic rings. The number of rotatable bonds is 10. The van der Waals surface area contributed by atoms with Crippen molar-refractivity contribution in [2.24, 2.45) is 0 Å². The summed E-state index contributed by atoms with van der Waals surface area (Å²) in [5.74, 6) is -1.50. The van der Waals surface area contributed by atoms with Crippen LogP contribution in [0.3, 0.4) is 0 Å². The van der Waals surface area contributed by atoms with Crippen molar-refractivity contribution in [2.45, 2.75) is 26.0 Å². The van der Waals surface area contributed by atoms with Gasteiger partial charge in [0, 0.05) is 20.1 Å². The molecule has 0 bridgehead atoms. The van der Waals surface area contributed by atoms with Gasteiger partial charge in [-0.05, 0) is 12.0 Å². The van der Waals surface area contributed by atoms with Crippen LogP contribution in [-0.4, -0.2) is 42.8 Å². The topological polar surface area (TPSA) is 84.9 Å². The fraction of sp³-hybridized carbons (Fsp3) is 0.467. The van der Waals surface area contributed by atoms with Crippen molar-refractivity contribution in [3.05, 3.63) is 35.9 Å². The molecule has 0 saturated heterocycles. The Labute approximate surface area is 124 Å². The first-order valence-electron chi connectivity index (χ1n) is 6.79. The molecule has 0 aliphatic heterocycles.